The first-order valence-corrected chi connectivity index (χ1v) is 10.2. The Labute approximate surface area is 161 Å². The third-order valence-electron chi connectivity index (χ3n) is 5.85. The zero-order valence-electron chi connectivity index (χ0n) is 16.8. The fourth-order valence-corrected chi connectivity index (χ4v) is 3.87. The first kappa shape index (κ1) is 19.6. The Balaban J connectivity index is 1.56. The summed E-state index contributed by atoms with van der Waals surface area (Å²) in [6, 6.07) is 7.40. The van der Waals surface area contributed by atoms with Crippen LogP contribution in [0.25, 0.3) is 11.5 Å². The number of hydrogen-bond donors (Lipinski definition) is 1. The van der Waals surface area contributed by atoms with Crippen molar-refractivity contribution in [3.05, 3.63) is 35.7 Å². The van der Waals surface area contributed by atoms with E-state index in [-0.39, 0.29) is 5.91 Å². The average molecular weight is 370 g/mol. The third kappa shape index (κ3) is 4.96. The minimum atomic E-state index is -0.0185. The van der Waals surface area contributed by atoms with Crippen molar-refractivity contribution < 1.29 is 9.32 Å². The number of carbonyl (C=O) groups excluding carboxylic acids is 1. The Morgan fingerprint density at radius 1 is 1.26 bits per heavy atom. The van der Waals surface area contributed by atoms with Crippen molar-refractivity contribution in [3.8, 4) is 11.5 Å². The number of unbranched alkanes of at least 4 members (excludes halogenated alkanes) is 2. The smallest absolute Gasteiger partial charge is 0.257 e. The molecule has 1 fully saturated rings. The number of nitrogens with zero attached hydrogens (tertiary/aromatic N) is 2. The molecule has 27 heavy (non-hydrogen) atoms. The van der Waals surface area contributed by atoms with Gasteiger partial charge in [-0.15, -0.1) is 0 Å². The minimum absolute atomic E-state index is 0.0185. The van der Waals surface area contributed by atoms with E-state index < -0.39 is 0 Å². The molecule has 1 unspecified atom stereocenters. The maximum Gasteiger partial charge on any atom is 0.257 e. The number of aryl methyl sites for hydroxylation is 1. The van der Waals surface area contributed by atoms with Gasteiger partial charge in [0.1, 0.15) is 0 Å². The van der Waals surface area contributed by atoms with E-state index in [4.69, 9.17) is 4.52 Å². The van der Waals surface area contributed by atoms with Gasteiger partial charge in [0.25, 0.3) is 11.8 Å². The molecule has 1 amide bonds. The summed E-state index contributed by atoms with van der Waals surface area (Å²) in [6.45, 7) is 7.52. The SMILES string of the molecule is CCCCCc1noc(-c2ccc(C(=O)NCC3CCCC3(C)C)cc2)n1. The fraction of sp³-hybridized carbons (Fsp3) is 0.591. The molecule has 1 aromatic carbocycles. The number of benzene rings is 1. The maximum atomic E-state index is 12.4. The van der Waals surface area contributed by atoms with Crippen molar-refractivity contribution in [2.75, 3.05) is 6.54 Å². The summed E-state index contributed by atoms with van der Waals surface area (Å²) in [6.07, 6.45) is 7.96. The second-order valence-corrected chi connectivity index (χ2v) is 8.34. The first-order valence-electron chi connectivity index (χ1n) is 10.2. The standard InChI is InChI=1S/C22H31N3O2/c1-4-5-6-9-19-24-21(27-25-19)17-12-10-16(11-13-17)20(26)23-15-18-8-7-14-22(18,2)3/h10-13,18H,4-9,14-15H2,1-3H3,(H,23,26). The van der Waals surface area contributed by atoms with E-state index in [9.17, 15) is 4.79 Å². The van der Waals surface area contributed by atoms with Crippen LogP contribution in [0.15, 0.2) is 28.8 Å². The lowest BCUT2D eigenvalue weighted by Crippen LogP contribution is -2.33. The number of rotatable bonds is 8. The lowest BCUT2D eigenvalue weighted by molar-refractivity contribution is 0.0937. The van der Waals surface area contributed by atoms with Crippen LogP contribution in [-0.2, 0) is 6.42 Å². The molecule has 0 bridgehead atoms. The zero-order valence-corrected chi connectivity index (χ0v) is 16.8. The van der Waals surface area contributed by atoms with E-state index in [0.717, 1.165) is 30.8 Å². The summed E-state index contributed by atoms with van der Waals surface area (Å²) in [4.78, 5) is 16.9. The van der Waals surface area contributed by atoms with Crippen LogP contribution in [0.5, 0.6) is 0 Å². The van der Waals surface area contributed by atoms with E-state index in [2.05, 4.69) is 36.2 Å². The van der Waals surface area contributed by atoms with Crippen LogP contribution >= 0.6 is 0 Å². The minimum Gasteiger partial charge on any atom is -0.352 e. The fourth-order valence-electron chi connectivity index (χ4n) is 3.87. The highest BCUT2D eigenvalue weighted by Gasteiger charge is 2.34. The van der Waals surface area contributed by atoms with Gasteiger partial charge in [-0.05, 0) is 54.9 Å². The van der Waals surface area contributed by atoms with Crippen LogP contribution in [0.4, 0.5) is 0 Å². The summed E-state index contributed by atoms with van der Waals surface area (Å²) >= 11 is 0. The predicted molar refractivity (Wildman–Crippen MR) is 106 cm³/mol. The molecule has 1 saturated carbocycles. The summed E-state index contributed by atoms with van der Waals surface area (Å²) in [5, 5.41) is 7.14. The van der Waals surface area contributed by atoms with E-state index in [0.29, 0.717) is 22.8 Å². The van der Waals surface area contributed by atoms with Gasteiger partial charge in [-0.2, -0.15) is 4.98 Å². The van der Waals surface area contributed by atoms with Gasteiger partial charge in [0.15, 0.2) is 5.82 Å². The predicted octanol–water partition coefficient (Wildman–Crippen LogP) is 5.03. The Morgan fingerprint density at radius 3 is 2.70 bits per heavy atom. The largest absolute Gasteiger partial charge is 0.352 e. The van der Waals surface area contributed by atoms with Crippen LogP contribution in [-0.4, -0.2) is 22.6 Å². The van der Waals surface area contributed by atoms with Crippen LogP contribution in [0, 0.1) is 11.3 Å². The van der Waals surface area contributed by atoms with Crippen molar-refractivity contribution in [2.45, 2.75) is 65.7 Å². The van der Waals surface area contributed by atoms with Crippen molar-refractivity contribution in [1.29, 1.82) is 0 Å². The molecule has 5 heteroatoms. The van der Waals surface area contributed by atoms with E-state index in [1.165, 1.54) is 32.1 Å². The molecule has 1 heterocycles. The Bertz CT molecular complexity index is 749. The summed E-state index contributed by atoms with van der Waals surface area (Å²) in [7, 11) is 0. The average Bonchev–Trinajstić information content (AvgIpc) is 3.26. The van der Waals surface area contributed by atoms with Crippen molar-refractivity contribution in [1.82, 2.24) is 15.5 Å². The molecule has 0 spiro atoms. The molecular weight excluding hydrogens is 338 g/mol. The number of hydrogen-bond acceptors (Lipinski definition) is 4. The quantitative estimate of drug-likeness (QED) is 0.663. The first-order chi connectivity index (χ1) is 13.0. The maximum absolute atomic E-state index is 12.4. The zero-order chi connectivity index (χ0) is 19.3. The highest BCUT2D eigenvalue weighted by atomic mass is 16.5. The normalized spacial score (nSPS) is 18.6. The number of carbonyl (C=O) groups is 1. The second kappa shape index (κ2) is 8.68. The molecule has 5 nitrogen and oxygen atoms in total. The molecule has 1 N–H and O–H groups in total. The molecular formula is C22H31N3O2. The van der Waals surface area contributed by atoms with Gasteiger partial charge in [0, 0.05) is 24.1 Å². The Morgan fingerprint density at radius 2 is 2.04 bits per heavy atom. The molecule has 0 aliphatic heterocycles. The molecule has 1 aliphatic rings. The highest BCUT2D eigenvalue weighted by Crippen LogP contribution is 2.42. The highest BCUT2D eigenvalue weighted by molar-refractivity contribution is 5.94. The molecule has 0 saturated heterocycles. The van der Waals surface area contributed by atoms with Crippen molar-refractivity contribution in [3.63, 3.8) is 0 Å². The summed E-state index contributed by atoms with van der Waals surface area (Å²) < 4.78 is 5.36. The van der Waals surface area contributed by atoms with Gasteiger partial charge in [-0.25, -0.2) is 0 Å². The van der Waals surface area contributed by atoms with Crippen LogP contribution < -0.4 is 5.32 Å². The van der Waals surface area contributed by atoms with Crippen LogP contribution in [0.1, 0.15) is 75.5 Å². The van der Waals surface area contributed by atoms with Crippen LogP contribution in [0.2, 0.25) is 0 Å². The summed E-state index contributed by atoms with van der Waals surface area (Å²) in [5.41, 5.74) is 1.83. The third-order valence-corrected chi connectivity index (χ3v) is 5.85. The molecule has 146 valence electrons. The Kier molecular flexibility index (Phi) is 6.30. The van der Waals surface area contributed by atoms with E-state index in [1.807, 2.05) is 24.3 Å². The van der Waals surface area contributed by atoms with E-state index in [1.54, 1.807) is 0 Å². The van der Waals surface area contributed by atoms with Gasteiger partial charge in [0.2, 0.25) is 0 Å². The Hall–Kier alpha value is -2.17. The monoisotopic (exact) mass is 369 g/mol. The number of aromatic nitrogens is 2. The second-order valence-electron chi connectivity index (χ2n) is 8.34. The topological polar surface area (TPSA) is 68.0 Å². The molecule has 0 radical (unpaired) electrons. The lowest BCUT2D eigenvalue weighted by Gasteiger charge is -2.27. The summed E-state index contributed by atoms with van der Waals surface area (Å²) in [5.74, 6) is 1.81. The molecule has 3 rings (SSSR count). The van der Waals surface area contributed by atoms with Crippen molar-refractivity contribution >= 4 is 5.91 Å². The van der Waals surface area contributed by atoms with Crippen molar-refractivity contribution in [2.24, 2.45) is 11.3 Å². The number of amides is 1. The van der Waals surface area contributed by atoms with E-state index >= 15 is 0 Å². The lowest BCUT2D eigenvalue weighted by atomic mass is 9.82. The van der Waals surface area contributed by atoms with Gasteiger partial charge in [-0.3, -0.25) is 4.79 Å². The van der Waals surface area contributed by atoms with Gasteiger partial charge >= 0.3 is 0 Å². The molecule has 2 aromatic rings. The van der Waals surface area contributed by atoms with Gasteiger partial charge < -0.3 is 9.84 Å². The van der Waals surface area contributed by atoms with Crippen LogP contribution in [0.3, 0.4) is 0 Å². The number of nitrogens with one attached hydrogen (secondary N) is 1. The van der Waals surface area contributed by atoms with Gasteiger partial charge in [-0.1, -0.05) is 45.2 Å². The molecule has 1 atom stereocenters. The van der Waals surface area contributed by atoms with Gasteiger partial charge in [0.05, 0.1) is 0 Å². The molecule has 1 aromatic heterocycles. The molecule has 1 aliphatic carbocycles.